The highest BCUT2D eigenvalue weighted by atomic mass is 16.5. The molecule has 0 bridgehead atoms. The van der Waals surface area contributed by atoms with Crippen molar-refractivity contribution < 1.29 is 13.9 Å². The quantitative estimate of drug-likeness (QED) is 0.856. The molecule has 0 unspecified atom stereocenters. The Morgan fingerprint density at radius 3 is 2.88 bits per heavy atom. The number of nitrogens with zero attached hydrogens (tertiary/aromatic N) is 3. The summed E-state index contributed by atoms with van der Waals surface area (Å²) in [6, 6.07) is 6.08. The molecule has 25 heavy (non-hydrogen) atoms. The second kappa shape index (κ2) is 6.98. The number of amides is 1. The third kappa shape index (κ3) is 3.32. The first-order chi connectivity index (χ1) is 12.2. The maximum atomic E-state index is 12.8. The molecular formula is C19H23N3O3. The molecular weight excluding hydrogens is 318 g/mol. The predicted molar refractivity (Wildman–Crippen MR) is 92.1 cm³/mol. The number of furan rings is 1. The number of aromatic nitrogens is 1. The van der Waals surface area contributed by atoms with Gasteiger partial charge < -0.3 is 14.1 Å². The number of carbonyl (C=O) groups is 1. The number of rotatable bonds is 3. The summed E-state index contributed by atoms with van der Waals surface area (Å²) in [5, 5.41) is 0. The lowest BCUT2D eigenvalue weighted by molar-refractivity contribution is -0.101. The number of hydrogen-bond acceptors (Lipinski definition) is 5. The number of fused-ring (bicyclic) bond motifs is 1. The Morgan fingerprint density at radius 2 is 2.12 bits per heavy atom. The Balaban J connectivity index is 1.49. The molecule has 2 aromatic rings. The number of ether oxygens (including phenoxy) is 1. The molecule has 4 rings (SSSR count). The van der Waals surface area contributed by atoms with E-state index < -0.39 is 0 Å². The van der Waals surface area contributed by atoms with Gasteiger partial charge in [-0.3, -0.25) is 14.7 Å². The Bertz CT molecular complexity index is 731. The molecule has 132 valence electrons. The summed E-state index contributed by atoms with van der Waals surface area (Å²) in [7, 11) is 0. The van der Waals surface area contributed by atoms with Crippen LogP contribution in [0.3, 0.4) is 0 Å². The first kappa shape index (κ1) is 16.3. The minimum atomic E-state index is 0.0548. The predicted octanol–water partition coefficient (Wildman–Crippen LogP) is 2.10. The molecule has 2 atom stereocenters. The van der Waals surface area contributed by atoms with Crippen molar-refractivity contribution >= 4 is 5.91 Å². The van der Waals surface area contributed by atoms with E-state index in [1.54, 1.807) is 12.3 Å². The third-order valence-electron chi connectivity index (χ3n) is 5.21. The van der Waals surface area contributed by atoms with Gasteiger partial charge in [0, 0.05) is 38.6 Å². The normalized spacial score (nSPS) is 24.1. The van der Waals surface area contributed by atoms with Crippen LogP contribution in [0.5, 0.6) is 0 Å². The van der Waals surface area contributed by atoms with Crippen molar-refractivity contribution in [2.24, 2.45) is 0 Å². The standard InChI is InChI=1S/C19H23N3O3/c1-14-16(5-10-24-14)19(23)22-8-4-18-17(13-22)21(9-11-25-18)12-15-2-6-20-7-3-15/h2-3,5-7,10,17-18H,4,8-9,11-13H2,1H3/t17-,18-/m0/s1. The summed E-state index contributed by atoms with van der Waals surface area (Å²) in [5.74, 6) is 0.736. The number of morpholine rings is 1. The summed E-state index contributed by atoms with van der Waals surface area (Å²) in [4.78, 5) is 21.3. The van der Waals surface area contributed by atoms with E-state index in [1.807, 2.05) is 36.4 Å². The van der Waals surface area contributed by atoms with Gasteiger partial charge in [0.05, 0.1) is 30.6 Å². The maximum Gasteiger partial charge on any atom is 0.257 e. The average molecular weight is 341 g/mol. The van der Waals surface area contributed by atoms with Crippen molar-refractivity contribution in [3.8, 4) is 0 Å². The summed E-state index contributed by atoms with van der Waals surface area (Å²) in [6.07, 6.45) is 6.30. The van der Waals surface area contributed by atoms with Crippen LogP contribution in [0, 0.1) is 6.92 Å². The minimum absolute atomic E-state index is 0.0548. The highest BCUT2D eigenvalue weighted by molar-refractivity contribution is 5.95. The lowest BCUT2D eigenvalue weighted by atomic mass is 9.97. The zero-order valence-corrected chi connectivity index (χ0v) is 14.4. The van der Waals surface area contributed by atoms with E-state index in [0.29, 0.717) is 17.9 Å². The van der Waals surface area contributed by atoms with Crippen LogP contribution in [0.25, 0.3) is 0 Å². The van der Waals surface area contributed by atoms with E-state index in [1.165, 1.54) is 5.56 Å². The number of hydrogen-bond donors (Lipinski definition) is 0. The van der Waals surface area contributed by atoms with E-state index in [-0.39, 0.29) is 18.1 Å². The molecule has 6 nitrogen and oxygen atoms in total. The highest BCUT2D eigenvalue weighted by Gasteiger charge is 2.38. The molecule has 0 saturated carbocycles. The van der Waals surface area contributed by atoms with Crippen molar-refractivity contribution in [1.29, 1.82) is 0 Å². The van der Waals surface area contributed by atoms with Crippen molar-refractivity contribution in [1.82, 2.24) is 14.8 Å². The number of carbonyl (C=O) groups excluding carboxylic acids is 1. The topological polar surface area (TPSA) is 58.8 Å². The lowest BCUT2D eigenvalue weighted by Gasteiger charge is -2.47. The van der Waals surface area contributed by atoms with Gasteiger partial charge in [-0.1, -0.05) is 0 Å². The largest absolute Gasteiger partial charge is 0.469 e. The van der Waals surface area contributed by atoms with Gasteiger partial charge in [0.2, 0.25) is 0 Å². The summed E-state index contributed by atoms with van der Waals surface area (Å²) >= 11 is 0. The lowest BCUT2D eigenvalue weighted by Crippen LogP contribution is -2.60. The third-order valence-corrected chi connectivity index (χ3v) is 5.21. The van der Waals surface area contributed by atoms with Gasteiger partial charge >= 0.3 is 0 Å². The number of piperidine rings is 1. The monoisotopic (exact) mass is 341 g/mol. The van der Waals surface area contributed by atoms with Crippen LogP contribution >= 0.6 is 0 Å². The van der Waals surface area contributed by atoms with Crippen LogP contribution in [-0.2, 0) is 11.3 Å². The van der Waals surface area contributed by atoms with Gasteiger partial charge in [-0.25, -0.2) is 0 Å². The average Bonchev–Trinajstić information content (AvgIpc) is 3.08. The molecule has 2 aliphatic rings. The fourth-order valence-corrected chi connectivity index (χ4v) is 3.82. The number of likely N-dealkylation sites (tertiary alicyclic amines) is 1. The van der Waals surface area contributed by atoms with Gasteiger partial charge in [0.25, 0.3) is 5.91 Å². The fraction of sp³-hybridized carbons (Fsp3) is 0.474. The summed E-state index contributed by atoms with van der Waals surface area (Å²) in [6.45, 7) is 5.75. The summed E-state index contributed by atoms with van der Waals surface area (Å²) in [5.41, 5.74) is 1.90. The van der Waals surface area contributed by atoms with Crippen LogP contribution < -0.4 is 0 Å². The smallest absolute Gasteiger partial charge is 0.257 e. The van der Waals surface area contributed by atoms with Gasteiger partial charge in [0.1, 0.15) is 5.76 Å². The summed E-state index contributed by atoms with van der Waals surface area (Å²) < 4.78 is 11.3. The van der Waals surface area contributed by atoms with Crippen LogP contribution in [0.1, 0.15) is 28.1 Å². The molecule has 2 aliphatic heterocycles. The molecule has 6 heteroatoms. The van der Waals surface area contributed by atoms with Crippen LogP contribution in [-0.4, -0.2) is 59.1 Å². The van der Waals surface area contributed by atoms with E-state index in [4.69, 9.17) is 9.15 Å². The van der Waals surface area contributed by atoms with Gasteiger partial charge in [-0.15, -0.1) is 0 Å². The second-order valence-electron chi connectivity index (χ2n) is 6.73. The molecule has 0 spiro atoms. The zero-order valence-electron chi connectivity index (χ0n) is 14.4. The van der Waals surface area contributed by atoms with Crippen molar-refractivity contribution in [3.63, 3.8) is 0 Å². The minimum Gasteiger partial charge on any atom is -0.469 e. The first-order valence-electron chi connectivity index (χ1n) is 8.80. The van der Waals surface area contributed by atoms with E-state index in [9.17, 15) is 4.79 Å². The van der Waals surface area contributed by atoms with Crippen molar-refractivity contribution in [3.05, 3.63) is 53.7 Å². The molecule has 2 aromatic heterocycles. The zero-order chi connectivity index (χ0) is 17.2. The molecule has 2 saturated heterocycles. The molecule has 0 radical (unpaired) electrons. The Labute approximate surface area is 147 Å². The molecule has 2 fully saturated rings. The molecule has 0 aliphatic carbocycles. The van der Waals surface area contributed by atoms with Gasteiger partial charge in [0.15, 0.2) is 0 Å². The number of aryl methyl sites for hydroxylation is 1. The van der Waals surface area contributed by atoms with Crippen molar-refractivity contribution in [2.45, 2.75) is 32.0 Å². The highest BCUT2D eigenvalue weighted by Crippen LogP contribution is 2.26. The van der Waals surface area contributed by atoms with E-state index in [0.717, 1.165) is 32.7 Å². The maximum absolute atomic E-state index is 12.8. The Kier molecular flexibility index (Phi) is 4.55. The molecule has 0 N–H and O–H groups in total. The van der Waals surface area contributed by atoms with Gasteiger partial charge in [-0.05, 0) is 37.1 Å². The molecule has 4 heterocycles. The first-order valence-corrected chi connectivity index (χ1v) is 8.80. The van der Waals surface area contributed by atoms with E-state index >= 15 is 0 Å². The Hall–Kier alpha value is -2.18. The van der Waals surface area contributed by atoms with Crippen LogP contribution in [0.2, 0.25) is 0 Å². The van der Waals surface area contributed by atoms with Crippen LogP contribution in [0.15, 0.2) is 41.3 Å². The second-order valence-corrected chi connectivity index (χ2v) is 6.73. The van der Waals surface area contributed by atoms with Crippen molar-refractivity contribution in [2.75, 3.05) is 26.2 Å². The Morgan fingerprint density at radius 1 is 1.28 bits per heavy atom. The molecule has 0 aromatic carbocycles. The van der Waals surface area contributed by atoms with Gasteiger partial charge in [-0.2, -0.15) is 0 Å². The fourth-order valence-electron chi connectivity index (χ4n) is 3.82. The number of pyridine rings is 1. The molecule has 1 amide bonds. The van der Waals surface area contributed by atoms with Crippen LogP contribution in [0.4, 0.5) is 0 Å². The van der Waals surface area contributed by atoms with E-state index in [2.05, 4.69) is 9.88 Å². The SMILES string of the molecule is Cc1occc1C(=O)N1CC[C@@H]2OCCN(Cc3ccncc3)[C@H]2C1.